The Labute approximate surface area is 240 Å². The van der Waals surface area contributed by atoms with E-state index in [0.717, 1.165) is 6.07 Å². The van der Waals surface area contributed by atoms with E-state index < -0.39 is 35.1 Å². The zero-order valence-electron chi connectivity index (χ0n) is 22.3. The molecule has 0 saturated carbocycles. The lowest BCUT2D eigenvalue weighted by Gasteiger charge is -2.35. The summed E-state index contributed by atoms with van der Waals surface area (Å²) in [6.45, 7) is 7.15. The van der Waals surface area contributed by atoms with E-state index in [9.17, 15) is 22.8 Å². The van der Waals surface area contributed by atoms with Crippen molar-refractivity contribution in [1.82, 2.24) is 24.0 Å². The number of nitrogens with zero attached hydrogens (tertiary/aromatic N) is 5. The van der Waals surface area contributed by atoms with Crippen LogP contribution in [0.2, 0.25) is 0 Å². The van der Waals surface area contributed by atoms with E-state index in [1.165, 1.54) is 34.0 Å². The summed E-state index contributed by atoms with van der Waals surface area (Å²) in [4.78, 5) is 37.5. The second-order valence-corrected chi connectivity index (χ2v) is 10.9. The molecule has 3 heterocycles. The number of benzene rings is 2. The third-order valence-electron chi connectivity index (χ3n) is 7.13. The van der Waals surface area contributed by atoms with Gasteiger partial charge in [0.2, 0.25) is 5.95 Å². The molecule has 41 heavy (non-hydrogen) atoms. The van der Waals surface area contributed by atoms with Gasteiger partial charge in [0.05, 0.1) is 35.3 Å². The van der Waals surface area contributed by atoms with Crippen LogP contribution in [0, 0.1) is 5.82 Å². The fourth-order valence-electron chi connectivity index (χ4n) is 4.87. The number of aryl methyl sites for hydroxylation is 1. The van der Waals surface area contributed by atoms with Crippen molar-refractivity contribution in [3.8, 4) is 5.69 Å². The van der Waals surface area contributed by atoms with Gasteiger partial charge in [0.1, 0.15) is 5.52 Å². The van der Waals surface area contributed by atoms with Gasteiger partial charge in [0, 0.05) is 40.8 Å². The first-order valence-corrected chi connectivity index (χ1v) is 13.4. The monoisotopic (exact) mass is 632 g/mol. The van der Waals surface area contributed by atoms with Gasteiger partial charge in [0.15, 0.2) is 5.82 Å². The van der Waals surface area contributed by atoms with Crippen LogP contribution < -0.4 is 10.9 Å². The number of imidazole rings is 1. The van der Waals surface area contributed by atoms with Crippen LogP contribution in [0.4, 0.5) is 23.5 Å². The molecular weight excluding hydrogens is 608 g/mol. The van der Waals surface area contributed by atoms with Crippen LogP contribution in [0.5, 0.6) is 0 Å². The van der Waals surface area contributed by atoms with Gasteiger partial charge in [-0.15, -0.1) is 6.58 Å². The molecule has 2 unspecified atom stereocenters. The number of rotatable bonds is 5. The molecular formula is C28H25BrF4N6O2. The predicted octanol–water partition coefficient (Wildman–Crippen LogP) is 5.61. The van der Waals surface area contributed by atoms with Gasteiger partial charge in [-0.2, -0.15) is 13.2 Å². The molecule has 0 fully saturated rings. The molecule has 2 atom stereocenters. The van der Waals surface area contributed by atoms with Crippen molar-refractivity contribution in [2.75, 3.05) is 5.32 Å². The Morgan fingerprint density at radius 2 is 2.00 bits per heavy atom. The molecule has 1 aliphatic heterocycles. The second kappa shape index (κ2) is 10.4. The predicted molar refractivity (Wildman–Crippen MR) is 150 cm³/mol. The standard InChI is InChI=1S/C28H25BrF4N6O2/c1-5-14(2)35-27-36-22-12-38(25(40)16-6-7-20(29)19(9-16)28(31,32)33)15(3)8-18(22)26(41)39(27)17-10-21(30)24-23(11-17)37(4)13-34-24/h5-7,9-11,13-15H,1,8,12H2,2-4H3,(H,35,36). The molecule has 0 saturated heterocycles. The lowest BCUT2D eigenvalue weighted by atomic mass is 9.98. The van der Waals surface area contributed by atoms with Gasteiger partial charge in [0.25, 0.3) is 11.5 Å². The van der Waals surface area contributed by atoms with Crippen molar-refractivity contribution in [1.29, 1.82) is 0 Å². The normalized spacial score (nSPS) is 16.0. The topological polar surface area (TPSA) is 85.1 Å². The molecule has 1 amide bonds. The summed E-state index contributed by atoms with van der Waals surface area (Å²) in [5, 5.41) is 3.10. The highest BCUT2D eigenvalue weighted by molar-refractivity contribution is 9.10. The third kappa shape index (κ3) is 5.14. The summed E-state index contributed by atoms with van der Waals surface area (Å²) in [7, 11) is 1.71. The SMILES string of the molecule is C=CC(C)Nc1nc2c(c(=O)n1-c1cc(F)c3ncn(C)c3c1)CC(C)N(C(=O)c1ccc(Br)c(C(F)(F)F)c1)C2. The number of carbonyl (C=O) groups is 1. The largest absolute Gasteiger partial charge is 0.417 e. The summed E-state index contributed by atoms with van der Waals surface area (Å²) in [5.74, 6) is -1.12. The number of amides is 1. The fourth-order valence-corrected chi connectivity index (χ4v) is 5.35. The Balaban J connectivity index is 1.61. The van der Waals surface area contributed by atoms with Gasteiger partial charge in [-0.1, -0.05) is 22.0 Å². The maximum Gasteiger partial charge on any atom is 0.417 e. The number of fused-ring (bicyclic) bond motifs is 2. The van der Waals surface area contributed by atoms with Crippen molar-refractivity contribution < 1.29 is 22.4 Å². The van der Waals surface area contributed by atoms with E-state index >= 15 is 4.39 Å². The zero-order chi connectivity index (χ0) is 29.8. The number of nitrogens with one attached hydrogen (secondary N) is 1. The van der Waals surface area contributed by atoms with E-state index in [0.29, 0.717) is 16.8 Å². The number of halogens is 5. The van der Waals surface area contributed by atoms with E-state index in [1.54, 1.807) is 37.6 Å². The number of hydrogen-bond donors (Lipinski definition) is 1. The maximum atomic E-state index is 15.0. The highest BCUT2D eigenvalue weighted by Crippen LogP contribution is 2.36. The smallest absolute Gasteiger partial charge is 0.349 e. The van der Waals surface area contributed by atoms with Gasteiger partial charge in [-0.25, -0.2) is 18.9 Å². The number of hydrogen-bond acceptors (Lipinski definition) is 5. The molecule has 4 aromatic rings. The van der Waals surface area contributed by atoms with Crippen molar-refractivity contribution in [2.24, 2.45) is 7.05 Å². The summed E-state index contributed by atoms with van der Waals surface area (Å²) in [6.07, 6.45) is -1.48. The highest BCUT2D eigenvalue weighted by Gasteiger charge is 2.36. The van der Waals surface area contributed by atoms with Crippen LogP contribution in [-0.4, -0.2) is 42.0 Å². The van der Waals surface area contributed by atoms with E-state index in [2.05, 4.69) is 37.8 Å². The summed E-state index contributed by atoms with van der Waals surface area (Å²) >= 11 is 2.90. The first-order valence-electron chi connectivity index (χ1n) is 12.6. The quantitative estimate of drug-likeness (QED) is 0.228. The third-order valence-corrected chi connectivity index (χ3v) is 7.82. The molecule has 8 nitrogen and oxygen atoms in total. The number of alkyl halides is 3. The van der Waals surface area contributed by atoms with Crippen LogP contribution >= 0.6 is 15.9 Å². The Morgan fingerprint density at radius 3 is 2.68 bits per heavy atom. The van der Waals surface area contributed by atoms with Crippen LogP contribution in [-0.2, 0) is 26.2 Å². The van der Waals surface area contributed by atoms with Crippen LogP contribution in [0.15, 0.2) is 58.6 Å². The molecule has 0 spiro atoms. The van der Waals surface area contributed by atoms with Crippen LogP contribution in [0.3, 0.4) is 0 Å². The van der Waals surface area contributed by atoms with Crippen LogP contribution in [0.1, 0.15) is 41.0 Å². The van der Waals surface area contributed by atoms with Gasteiger partial charge >= 0.3 is 6.18 Å². The molecule has 5 rings (SSSR count). The van der Waals surface area contributed by atoms with Crippen molar-refractivity contribution >= 4 is 38.8 Å². The first-order chi connectivity index (χ1) is 19.3. The van der Waals surface area contributed by atoms with Gasteiger partial charge < -0.3 is 14.8 Å². The molecule has 1 aliphatic rings. The van der Waals surface area contributed by atoms with Crippen molar-refractivity contribution in [3.63, 3.8) is 0 Å². The minimum atomic E-state index is -4.65. The average Bonchev–Trinajstić information content (AvgIpc) is 3.29. The molecule has 0 radical (unpaired) electrons. The molecule has 1 N–H and O–H groups in total. The highest BCUT2D eigenvalue weighted by atomic mass is 79.9. The Morgan fingerprint density at radius 1 is 1.27 bits per heavy atom. The Hall–Kier alpha value is -4.00. The summed E-state index contributed by atoms with van der Waals surface area (Å²) in [6, 6.07) is 5.30. The van der Waals surface area contributed by atoms with Crippen molar-refractivity contribution in [2.45, 2.75) is 45.1 Å². The minimum absolute atomic E-state index is 0.100. The minimum Gasteiger partial charge on any atom is -0.349 e. The molecule has 13 heteroatoms. The van der Waals surface area contributed by atoms with Crippen LogP contribution in [0.25, 0.3) is 16.7 Å². The van der Waals surface area contributed by atoms with Crippen molar-refractivity contribution in [3.05, 3.63) is 92.3 Å². The zero-order valence-corrected chi connectivity index (χ0v) is 23.8. The molecule has 214 valence electrons. The number of aromatic nitrogens is 4. The van der Waals surface area contributed by atoms with E-state index in [4.69, 9.17) is 0 Å². The Bertz CT molecular complexity index is 1760. The number of anilines is 1. The molecule has 2 aromatic heterocycles. The Kier molecular flexibility index (Phi) is 7.26. The lowest BCUT2D eigenvalue weighted by Crippen LogP contribution is -2.46. The molecule has 0 aliphatic carbocycles. The lowest BCUT2D eigenvalue weighted by molar-refractivity contribution is -0.138. The fraction of sp³-hybridized carbons (Fsp3) is 0.286. The van der Waals surface area contributed by atoms with E-state index in [-0.39, 0.29) is 46.2 Å². The van der Waals surface area contributed by atoms with Gasteiger partial charge in [-0.3, -0.25) is 9.59 Å². The second-order valence-electron chi connectivity index (χ2n) is 10.00. The molecule has 0 bridgehead atoms. The number of carbonyl (C=O) groups excluding carboxylic acids is 1. The van der Waals surface area contributed by atoms with E-state index in [1.807, 2.05) is 0 Å². The summed E-state index contributed by atoms with van der Waals surface area (Å²) < 4.78 is 58.2. The first kappa shape index (κ1) is 28.5. The maximum absolute atomic E-state index is 15.0. The summed E-state index contributed by atoms with van der Waals surface area (Å²) in [5.41, 5.74) is -0.0455. The average molecular weight is 633 g/mol. The van der Waals surface area contributed by atoms with Gasteiger partial charge in [-0.05, 0) is 44.5 Å². The molecule has 2 aromatic carbocycles.